The van der Waals surface area contributed by atoms with Crippen molar-refractivity contribution in [2.24, 2.45) is 5.73 Å². The van der Waals surface area contributed by atoms with Crippen molar-refractivity contribution in [2.75, 3.05) is 5.75 Å². The monoisotopic (exact) mass is 233 g/mol. The average molecular weight is 233 g/mol. The van der Waals surface area contributed by atoms with E-state index in [1.54, 1.807) is 0 Å². The van der Waals surface area contributed by atoms with Crippen LogP contribution in [0.2, 0.25) is 0 Å². The summed E-state index contributed by atoms with van der Waals surface area (Å²) < 4.78 is 0. The fraction of sp³-hybridized carbons (Fsp3) is 0.800. The number of carbonyl (C=O) groups is 2. The largest absolute Gasteiger partial charge is 0.480 e. The smallest absolute Gasteiger partial charge is 0.321 e. The van der Waals surface area contributed by atoms with Gasteiger partial charge in [-0.25, -0.2) is 0 Å². The van der Waals surface area contributed by atoms with Crippen LogP contribution < -0.4 is 5.73 Å². The SMILES string of the molecule is CCCCCCC(=O)SC[C@H](N)C(=O)O. The fourth-order valence-electron chi connectivity index (χ4n) is 1.02. The molecule has 15 heavy (non-hydrogen) atoms. The van der Waals surface area contributed by atoms with E-state index in [0.29, 0.717) is 6.42 Å². The lowest BCUT2D eigenvalue weighted by atomic mass is 10.2. The van der Waals surface area contributed by atoms with Crippen LogP contribution in [-0.4, -0.2) is 28.0 Å². The number of unbranched alkanes of at least 4 members (excludes halogenated alkanes) is 3. The lowest BCUT2D eigenvalue weighted by Gasteiger charge is -2.04. The second-order valence-corrected chi connectivity index (χ2v) is 4.52. The Balaban J connectivity index is 3.45. The van der Waals surface area contributed by atoms with Crippen molar-refractivity contribution < 1.29 is 14.7 Å². The molecule has 4 nitrogen and oxygen atoms in total. The van der Waals surface area contributed by atoms with E-state index in [-0.39, 0.29) is 10.9 Å². The van der Waals surface area contributed by atoms with E-state index in [0.717, 1.165) is 37.4 Å². The van der Waals surface area contributed by atoms with E-state index in [9.17, 15) is 9.59 Å². The van der Waals surface area contributed by atoms with Gasteiger partial charge in [0.05, 0.1) is 0 Å². The first-order valence-electron chi connectivity index (χ1n) is 5.22. The van der Waals surface area contributed by atoms with Crippen LogP contribution in [0.3, 0.4) is 0 Å². The van der Waals surface area contributed by atoms with Crippen LogP contribution in [0.15, 0.2) is 0 Å². The third-order valence-electron chi connectivity index (χ3n) is 1.98. The van der Waals surface area contributed by atoms with Crippen LogP contribution in [0.25, 0.3) is 0 Å². The molecule has 0 aromatic carbocycles. The maximum Gasteiger partial charge on any atom is 0.321 e. The molecule has 0 aliphatic heterocycles. The summed E-state index contributed by atoms with van der Waals surface area (Å²) in [7, 11) is 0. The second kappa shape index (κ2) is 8.73. The molecule has 0 rings (SSSR count). The molecule has 0 spiro atoms. The van der Waals surface area contributed by atoms with E-state index in [1.165, 1.54) is 0 Å². The fourth-order valence-corrected chi connectivity index (χ4v) is 1.82. The van der Waals surface area contributed by atoms with Gasteiger partial charge < -0.3 is 10.8 Å². The number of hydrogen-bond acceptors (Lipinski definition) is 4. The van der Waals surface area contributed by atoms with Crippen LogP contribution in [0, 0.1) is 0 Å². The van der Waals surface area contributed by atoms with Crippen molar-refractivity contribution in [3.05, 3.63) is 0 Å². The number of carbonyl (C=O) groups excluding carboxylic acids is 1. The van der Waals surface area contributed by atoms with Crippen molar-refractivity contribution in [2.45, 2.75) is 45.1 Å². The molecule has 0 amide bonds. The molecule has 1 atom stereocenters. The molecule has 88 valence electrons. The Kier molecular flexibility index (Phi) is 8.41. The van der Waals surface area contributed by atoms with Crippen molar-refractivity contribution in [1.29, 1.82) is 0 Å². The molecule has 0 aliphatic rings. The second-order valence-electron chi connectivity index (χ2n) is 3.44. The Morgan fingerprint density at radius 3 is 2.53 bits per heavy atom. The summed E-state index contributed by atoms with van der Waals surface area (Å²) >= 11 is 1.03. The zero-order valence-corrected chi connectivity index (χ0v) is 9.89. The number of aliphatic carboxylic acids is 1. The van der Waals surface area contributed by atoms with E-state index < -0.39 is 12.0 Å². The summed E-state index contributed by atoms with van der Waals surface area (Å²) in [5.74, 6) is -0.886. The lowest BCUT2D eigenvalue weighted by molar-refractivity contribution is -0.137. The van der Waals surface area contributed by atoms with Gasteiger partial charge in [-0.05, 0) is 6.42 Å². The molecule has 0 heterocycles. The summed E-state index contributed by atoms with van der Waals surface area (Å²) in [6.07, 6.45) is 4.77. The first kappa shape index (κ1) is 14.5. The third kappa shape index (κ3) is 8.44. The molecule has 5 heteroatoms. The molecule has 0 unspecified atom stereocenters. The summed E-state index contributed by atoms with van der Waals surface area (Å²) in [5, 5.41) is 8.54. The van der Waals surface area contributed by atoms with Crippen molar-refractivity contribution in [3.8, 4) is 0 Å². The van der Waals surface area contributed by atoms with E-state index >= 15 is 0 Å². The Labute approximate surface area is 94.6 Å². The van der Waals surface area contributed by atoms with Gasteiger partial charge in [0.15, 0.2) is 5.12 Å². The Morgan fingerprint density at radius 2 is 2.00 bits per heavy atom. The maximum absolute atomic E-state index is 11.2. The van der Waals surface area contributed by atoms with Crippen LogP contribution in [-0.2, 0) is 9.59 Å². The highest BCUT2D eigenvalue weighted by molar-refractivity contribution is 8.13. The van der Waals surface area contributed by atoms with E-state index in [2.05, 4.69) is 6.92 Å². The Bertz CT molecular complexity index is 209. The molecular formula is C10H19NO3S. The van der Waals surface area contributed by atoms with Gasteiger partial charge >= 0.3 is 5.97 Å². The highest BCUT2D eigenvalue weighted by Crippen LogP contribution is 2.11. The molecule has 0 saturated carbocycles. The summed E-state index contributed by atoms with van der Waals surface area (Å²) in [6, 6.07) is -0.936. The van der Waals surface area contributed by atoms with Crippen LogP contribution in [0.5, 0.6) is 0 Å². The van der Waals surface area contributed by atoms with Gasteiger partial charge in [0.1, 0.15) is 6.04 Å². The zero-order chi connectivity index (χ0) is 11.7. The number of rotatable bonds is 8. The molecule has 0 saturated heterocycles. The normalized spacial score (nSPS) is 12.4. The average Bonchev–Trinajstić information content (AvgIpc) is 2.20. The van der Waals surface area contributed by atoms with E-state index in [4.69, 9.17) is 10.8 Å². The molecule has 0 aromatic rings. The summed E-state index contributed by atoms with van der Waals surface area (Å²) in [5.41, 5.74) is 5.27. The summed E-state index contributed by atoms with van der Waals surface area (Å²) in [6.45, 7) is 2.11. The first-order valence-corrected chi connectivity index (χ1v) is 6.20. The minimum atomic E-state index is -1.05. The highest BCUT2D eigenvalue weighted by atomic mass is 32.2. The third-order valence-corrected chi connectivity index (χ3v) is 3.03. The molecule has 0 radical (unpaired) electrons. The highest BCUT2D eigenvalue weighted by Gasteiger charge is 2.13. The number of hydrogen-bond donors (Lipinski definition) is 2. The van der Waals surface area contributed by atoms with Gasteiger partial charge in [0.25, 0.3) is 0 Å². The summed E-state index contributed by atoms with van der Waals surface area (Å²) in [4.78, 5) is 21.6. The lowest BCUT2D eigenvalue weighted by Crippen LogP contribution is -2.32. The predicted octanol–water partition coefficient (Wildman–Crippen LogP) is 1.63. The van der Waals surface area contributed by atoms with Crippen molar-refractivity contribution >= 4 is 22.8 Å². The van der Waals surface area contributed by atoms with Gasteiger partial charge in [-0.2, -0.15) is 0 Å². The van der Waals surface area contributed by atoms with Crippen LogP contribution in [0.4, 0.5) is 0 Å². The van der Waals surface area contributed by atoms with Crippen LogP contribution >= 0.6 is 11.8 Å². The molecule has 0 bridgehead atoms. The van der Waals surface area contributed by atoms with Crippen molar-refractivity contribution in [3.63, 3.8) is 0 Å². The zero-order valence-electron chi connectivity index (χ0n) is 9.07. The Morgan fingerprint density at radius 1 is 1.33 bits per heavy atom. The van der Waals surface area contributed by atoms with Gasteiger partial charge in [-0.15, -0.1) is 0 Å². The number of nitrogens with two attached hydrogens (primary N) is 1. The standard InChI is InChI=1S/C10H19NO3S/c1-2-3-4-5-6-9(12)15-7-8(11)10(13)14/h8H,2-7,11H2,1H3,(H,13,14)/t8-/m0/s1. The quantitative estimate of drug-likeness (QED) is 0.623. The Hall–Kier alpha value is -0.550. The number of thioether (sulfide) groups is 1. The first-order chi connectivity index (χ1) is 7.07. The number of carboxylic acids is 1. The van der Waals surface area contributed by atoms with Gasteiger partial charge in [0, 0.05) is 12.2 Å². The molecular weight excluding hydrogens is 214 g/mol. The maximum atomic E-state index is 11.2. The van der Waals surface area contributed by atoms with Gasteiger partial charge in [-0.1, -0.05) is 37.9 Å². The molecule has 3 N–H and O–H groups in total. The number of carboxylic acid groups (broad SMARTS) is 1. The van der Waals surface area contributed by atoms with Crippen LogP contribution in [0.1, 0.15) is 39.0 Å². The van der Waals surface area contributed by atoms with Gasteiger partial charge in [0.2, 0.25) is 0 Å². The molecule has 0 aromatic heterocycles. The molecule has 0 aliphatic carbocycles. The van der Waals surface area contributed by atoms with E-state index in [1.807, 2.05) is 0 Å². The minimum absolute atomic E-state index is 0.0443. The van der Waals surface area contributed by atoms with Crippen molar-refractivity contribution in [1.82, 2.24) is 0 Å². The topological polar surface area (TPSA) is 80.4 Å². The minimum Gasteiger partial charge on any atom is -0.480 e. The molecule has 0 fully saturated rings. The van der Waals surface area contributed by atoms with Gasteiger partial charge in [-0.3, -0.25) is 9.59 Å². The predicted molar refractivity (Wildman–Crippen MR) is 61.8 cm³/mol.